The number of nitrogens with two attached hydrogens (primary N) is 1. The maximum Gasteiger partial charge on any atom is 0.242 e. The molecule has 0 saturated heterocycles. The summed E-state index contributed by atoms with van der Waals surface area (Å²) in [6.45, 7) is 1.20. The second-order valence-electron chi connectivity index (χ2n) is 3.10. The third kappa shape index (κ3) is 5.68. The van der Waals surface area contributed by atoms with E-state index in [2.05, 4.69) is 0 Å². The van der Waals surface area contributed by atoms with Gasteiger partial charge in [0.05, 0.1) is 19.8 Å². The Hall–Kier alpha value is -0.690. The highest BCUT2D eigenvalue weighted by molar-refractivity contribution is 5.81. The molecule has 1 atom stereocenters. The minimum Gasteiger partial charge on any atom is -0.395 e. The SMILES string of the molecule is COCCN(CCO)C(=O)C(N)COC. The molecular weight excluding hydrogens is 200 g/mol. The smallest absolute Gasteiger partial charge is 0.242 e. The van der Waals surface area contributed by atoms with E-state index < -0.39 is 6.04 Å². The normalized spacial score (nSPS) is 12.5. The number of ether oxygens (including phenoxy) is 2. The van der Waals surface area contributed by atoms with Crippen molar-refractivity contribution in [2.24, 2.45) is 5.73 Å². The Labute approximate surface area is 89.9 Å². The van der Waals surface area contributed by atoms with Gasteiger partial charge in [0.25, 0.3) is 0 Å². The molecule has 90 valence electrons. The average molecular weight is 220 g/mol. The number of methoxy groups -OCH3 is 2. The van der Waals surface area contributed by atoms with Crippen molar-refractivity contribution < 1.29 is 19.4 Å². The third-order valence-electron chi connectivity index (χ3n) is 1.91. The predicted octanol–water partition coefficient (Wildman–Crippen LogP) is -1.57. The molecule has 0 aromatic rings. The molecule has 6 heteroatoms. The van der Waals surface area contributed by atoms with Gasteiger partial charge in [-0.15, -0.1) is 0 Å². The van der Waals surface area contributed by atoms with Gasteiger partial charge < -0.3 is 25.2 Å². The lowest BCUT2D eigenvalue weighted by molar-refractivity contribution is -0.134. The first kappa shape index (κ1) is 14.3. The second kappa shape index (κ2) is 8.60. The summed E-state index contributed by atoms with van der Waals surface area (Å²) in [4.78, 5) is 13.1. The fourth-order valence-electron chi connectivity index (χ4n) is 1.14. The highest BCUT2D eigenvalue weighted by Gasteiger charge is 2.19. The fraction of sp³-hybridized carbons (Fsp3) is 0.889. The van der Waals surface area contributed by atoms with E-state index in [9.17, 15) is 4.79 Å². The molecule has 0 aromatic heterocycles. The zero-order chi connectivity index (χ0) is 11.7. The van der Waals surface area contributed by atoms with Crippen LogP contribution in [0.4, 0.5) is 0 Å². The summed E-state index contributed by atoms with van der Waals surface area (Å²) in [5.74, 6) is -0.233. The average Bonchev–Trinajstić information content (AvgIpc) is 2.23. The zero-order valence-corrected chi connectivity index (χ0v) is 9.31. The first-order valence-corrected chi connectivity index (χ1v) is 4.80. The molecule has 0 heterocycles. The molecule has 1 unspecified atom stereocenters. The van der Waals surface area contributed by atoms with Crippen molar-refractivity contribution in [2.45, 2.75) is 6.04 Å². The summed E-state index contributed by atoms with van der Waals surface area (Å²) in [5.41, 5.74) is 5.59. The quantitative estimate of drug-likeness (QED) is 0.516. The number of carbonyl (C=O) groups excluding carboxylic acids is 1. The molecule has 0 fully saturated rings. The molecule has 0 aliphatic rings. The third-order valence-corrected chi connectivity index (χ3v) is 1.91. The maximum absolute atomic E-state index is 11.7. The number of aliphatic hydroxyl groups is 1. The Morgan fingerprint density at radius 1 is 1.40 bits per heavy atom. The van der Waals surface area contributed by atoms with Crippen molar-refractivity contribution in [3.8, 4) is 0 Å². The van der Waals surface area contributed by atoms with Crippen LogP contribution in [0.15, 0.2) is 0 Å². The van der Waals surface area contributed by atoms with Crippen LogP contribution in [-0.4, -0.2) is 69.1 Å². The number of nitrogens with zero attached hydrogens (tertiary/aromatic N) is 1. The number of aliphatic hydroxyl groups excluding tert-OH is 1. The van der Waals surface area contributed by atoms with Gasteiger partial charge in [-0.25, -0.2) is 0 Å². The molecule has 3 N–H and O–H groups in total. The van der Waals surface area contributed by atoms with Crippen LogP contribution >= 0.6 is 0 Å². The van der Waals surface area contributed by atoms with Gasteiger partial charge in [-0.1, -0.05) is 0 Å². The molecule has 1 amide bonds. The highest BCUT2D eigenvalue weighted by atomic mass is 16.5. The summed E-state index contributed by atoms with van der Waals surface area (Å²) in [7, 11) is 3.04. The predicted molar refractivity (Wildman–Crippen MR) is 55.4 cm³/mol. The van der Waals surface area contributed by atoms with Gasteiger partial charge in [-0.05, 0) is 0 Å². The van der Waals surface area contributed by atoms with Gasteiger partial charge in [0.1, 0.15) is 6.04 Å². The van der Waals surface area contributed by atoms with Crippen LogP contribution in [0.25, 0.3) is 0 Å². The molecule has 15 heavy (non-hydrogen) atoms. The number of amides is 1. The summed E-state index contributed by atoms with van der Waals surface area (Å²) in [6.07, 6.45) is 0. The second-order valence-corrected chi connectivity index (χ2v) is 3.10. The minimum atomic E-state index is -0.682. The van der Waals surface area contributed by atoms with Crippen molar-refractivity contribution in [3.63, 3.8) is 0 Å². The van der Waals surface area contributed by atoms with Gasteiger partial charge in [0.15, 0.2) is 0 Å². The molecule has 0 saturated carbocycles. The Bertz CT molecular complexity index is 177. The van der Waals surface area contributed by atoms with Gasteiger partial charge >= 0.3 is 0 Å². The standard InChI is InChI=1S/C9H20N2O4/c1-14-6-4-11(3-5-12)9(13)8(10)7-15-2/h8,12H,3-7,10H2,1-2H3. The minimum absolute atomic E-state index is 0.0881. The van der Waals surface area contributed by atoms with Crippen molar-refractivity contribution in [3.05, 3.63) is 0 Å². The highest BCUT2D eigenvalue weighted by Crippen LogP contribution is 1.94. The Morgan fingerprint density at radius 2 is 2.07 bits per heavy atom. The van der Waals surface area contributed by atoms with Crippen LogP contribution in [0.2, 0.25) is 0 Å². The summed E-state index contributed by atoms with van der Waals surface area (Å²) in [6, 6.07) is -0.682. The van der Waals surface area contributed by atoms with E-state index in [1.54, 1.807) is 7.11 Å². The van der Waals surface area contributed by atoms with E-state index in [-0.39, 0.29) is 25.7 Å². The van der Waals surface area contributed by atoms with Crippen LogP contribution in [0.1, 0.15) is 0 Å². The van der Waals surface area contributed by atoms with E-state index in [1.807, 2.05) is 0 Å². The molecule has 6 nitrogen and oxygen atoms in total. The van der Waals surface area contributed by atoms with E-state index in [0.29, 0.717) is 13.2 Å². The Kier molecular flexibility index (Phi) is 8.21. The number of carbonyl (C=O) groups is 1. The van der Waals surface area contributed by atoms with Gasteiger partial charge in [-0.3, -0.25) is 4.79 Å². The molecule has 0 rings (SSSR count). The van der Waals surface area contributed by atoms with Crippen molar-refractivity contribution >= 4 is 5.91 Å². The van der Waals surface area contributed by atoms with Crippen LogP contribution in [-0.2, 0) is 14.3 Å². The first-order valence-electron chi connectivity index (χ1n) is 4.80. The van der Waals surface area contributed by atoms with Gasteiger partial charge in [0, 0.05) is 27.3 Å². The van der Waals surface area contributed by atoms with Gasteiger partial charge in [0.2, 0.25) is 5.91 Å². The van der Waals surface area contributed by atoms with Crippen molar-refractivity contribution in [1.82, 2.24) is 4.90 Å². The van der Waals surface area contributed by atoms with Crippen molar-refractivity contribution in [2.75, 3.05) is 47.1 Å². The topological polar surface area (TPSA) is 85.0 Å². The first-order chi connectivity index (χ1) is 7.17. The number of rotatable bonds is 8. The fourth-order valence-corrected chi connectivity index (χ4v) is 1.14. The van der Waals surface area contributed by atoms with Gasteiger partial charge in [-0.2, -0.15) is 0 Å². The number of hydrogen-bond donors (Lipinski definition) is 2. The van der Waals surface area contributed by atoms with Crippen LogP contribution in [0.3, 0.4) is 0 Å². The molecule has 0 bridgehead atoms. The molecule has 0 aliphatic carbocycles. The van der Waals surface area contributed by atoms with E-state index in [0.717, 1.165) is 0 Å². The maximum atomic E-state index is 11.7. The van der Waals surface area contributed by atoms with E-state index in [4.69, 9.17) is 20.3 Å². The summed E-state index contributed by atoms with van der Waals surface area (Å²) < 4.78 is 9.65. The van der Waals surface area contributed by atoms with E-state index >= 15 is 0 Å². The summed E-state index contributed by atoms with van der Waals surface area (Å²) in [5, 5.41) is 8.79. The molecule has 0 radical (unpaired) electrons. The lowest BCUT2D eigenvalue weighted by Crippen LogP contribution is -2.48. The zero-order valence-electron chi connectivity index (χ0n) is 9.31. The monoisotopic (exact) mass is 220 g/mol. The Balaban J connectivity index is 4.13. The number of hydrogen-bond acceptors (Lipinski definition) is 5. The van der Waals surface area contributed by atoms with E-state index in [1.165, 1.54) is 12.0 Å². The Morgan fingerprint density at radius 3 is 2.53 bits per heavy atom. The summed E-state index contributed by atoms with van der Waals surface area (Å²) >= 11 is 0. The van der Waals surface area contributed by atoms with Crippen LogP contribution in [0.5, 0.6) is 0 Å². The molecule has 0 aromatic carbocycles. The van der Waals surface area contributed by atoms with Crippen LogP contribution < -0.4 is 5.73 Å². The molecular formula is C9H20N2O4. The molecule has 0 aliphatic heterocycles. The van der Waals surface area contributed by atoms with Crippen LogP contribution in [0, 0.1) is 0 Å². The lowest BCUT2D eigenvalue weighted by Gasteiger charge is -2.24. The van der Waals surface area contributed by atoms with Crippen molar-refractivity contribution in [1.29, 1.82) is 0 Å². The largest absolute Gasteiger partial charge is 0.395 e. The molecule has 0 spiro atoms. The lowest BCUT2D eigenvalue weighted by atomic mass is 10.3.